The second-order valence-electron chi connectivity index (χ2n) is 11.3. The molecule has 2 aliphatic rings. The van der Waals surface area contributed by atoms with Gasteiger partial charge >= 0.3 is 5.97 Å². The Balaban J connectivity index is 1.62. The first kappa shape index (κ1) is 29.5. The number of hydrogen-bond acceptors (Lipinski definition) is 8. The summed E-state index contributed by atoms with van der Waals surface area (Å²) in [5.41, 5.74) is 1.91. The molecule has 1 aliphatic heterocycles. The lowest BCUT2D eigenvalue weighted by atomic mass is 9.75. The quantitative estimate of drug-likeness (QED) is 0.209. The third kappa shape index (κ3) is 5.45. The van der Waals surface area contributed by atoms with Crippen molar-refractivity contribution in [3.05, 3.63) is 58.8 Å². The maximum Gasteiger partial charge on any atom is 0.331 e. The highest BCUT2D eigenvalue weighted by atomic mass is 32.1. The van der Waals surface area contributed by atoms with Gasteiger partial charge in [-0.3, -0.25) is 0 Å². The molecule has 2 aromatic heterocycles. The number of allylic oxidation sites excluding steroid dienone is 1. The average molecular weight is 587 g/mol. The van der Waals surface area contributed by atoms with Gasteiger partial charge in [-0.1, -0.05) is 43.7 Å². The molecule has 10 heteroatoms. The van der Waals surface area contributed by atoms with Crippen LogP contribution in [0.5, 0.6) is 5.75 Å². The van der Waals surface area contributed by atoms with E-state index in [0.29, 0.717) is 28.1 Å². The molecular weight excluding hydrogens is 548 g/mol. The number of carbonyl (C=O) groups excluding carboxylic acids is 1. The van der Waals surface area contributed by atoms with Gasteiger partial charge in [0.25, 0.3) is 0 Å². The summed E-state index contributed by atoms with van der Waals surface area (Å²) in [6.07, 6.45) is 1.74. The number of ether oxygens (including phenoxy) is 2. The van der Waals surface area contributed by atoms with E-state index in [0.717, 1.165) is 36.5 Å². The molecule has 0 amide bonds. The Morgan fingerprint density at radius 1 is 1.17 bits per heavy atom. The molecule has 2 atom stereocenters. The number of methoxy groups -OCH3 is 1. The monoisotopic (exact) mass is 586 g/mol. The first-order chi connectivity index (χ1) is 20.2. The van der Waals surface area contributed by atoms with Crippen molar-refractivity contribution in [2.75, 3.05) is 25.1 Å². The SMILES string of the molecule is [C-]#[N+]C1=C(C(=O)OC2C(C)CC(C)CC2C)c2nc(-c3cc(C)ccc3OC)nn2/C1=N/c1ccc(N(CC)CC)s1. The highest BCUT2D eigenvalue weighted by Gasteiger charge is 2.41. The van der Waals surface area contributed by atoms with Crippen LogP contribution in [-0.4, -0.2) is 52.9 Å². The van der Waals surface area contributed by atoms with Crippen LogP contribution in [0.3, 0.4) is 0 Å². The van der Waals surface area contributed by atoms with Crippen molar-refractivity contribution in [3.63, 3.8) is 0 Å². The summed E-state index contributed by atoms with van der Waals surface area (Å²) < 4.78 is 13.3. The fourth-order valence-corrected chi connectivity index (χ4v) is 7.25. The highest BCUT2D eigenvalue weighted by Crippen LogP contribution is 2.40. The molecule has 1 aliphatic carbocycles. The van der Waals surface area contributed by atoms with Gasteiger partial charge in [0.2, 0.25) is 5.70 Å². The van der Waals surface area contributed by atoms with Crippen LogP contribution in [0.4, 0.5) is 10.0 Å². The number of aryl methyl sites for hydroxylation is 1. The summed E-state index contributed by atoms with van der Waals surface area (Å²) in [6.45, 7) is 22.5. The molecule has 9 nitrogen and oxygen atoms in total. The number of fused-ring (bicyclic) bond motifs is 1. The molecule has 3 aromatic rings. The van der Waals surface area contributed by atoms with Crippen LogP contribution >= 0.6 is 11.3 Å². The Labute approximate surface area is 251 Å². The van der Waals surface area contributed by atoms with Crippen molar-refractivity contribution < 1.29 is 14.3 Å². The molecule has 3 heterocycles. The number of benzene rings is 1. The summed E-state index contributed by atoms with van der Waals surface area (Å²) in [5, 5.41) is 6.57. The first-order valence-corrected chi connectivity index (χ1v) is 15.4. The summed E-state index contributed by atoms with van der Waals surface area (Å²) in [6, 6.07) is 9.72. The van der Waals surface area contributed by atoms with Crippen molar-refractivity contribution >= 4 is 38.7 Å². The minimum Gasteiger partial charge on any atom is -0.496 e. The van der Waals surface area contributed by atoms with Crippen molar-refractivity contribution in [1.82, 2.24) is 14.8 Å². The zero-order chi connectivity index (χ0) is 30.1. The topological polar surface area (TPSA) is 86.2 Å². The number of hydrogen-bond donors (Lipinski definition) is 0. The number of esters is 1. The number of carbonyl (C=O) groups is 1. The Morgan fingerprint density at radius 3 is 2.52 bits per heavy atom. The van der Waals surface area contributed by atoms with Gasteiger partial charge in [-0.15, -0.1) is 5.10 Å². The lowest BCUT2D eigenvalue weighted by molar-refractivity contribution is -0.150. The van der Waals surface area contributed by atoms with Gasteiger partial charge in [-0.25, -0.2) is 24.3 Å². The third-order valence-electron chi connectivity index (χ3n) is 8.17. The van der Waals surface area contributed by atoms with E-state index in [1.807, 2.05) is 37.3 Å². The predicted molar refractivity (Wildman–Crippen MR) is 167 cm³/mol. The second kappa shape index (κ2) is 12.1. The number of nitrogens with zero attached hydrogens (tertiary/aromatic N) is 6. The maximum atomic E-state index is 13.9. The first-order valence-electron chi connectivity index (χ1n) is 14.6. The van der Waals surface area contributed by atoms with Crippen LogP contribution in [-0.2, 0) is 9.53 Å². The fraction of sp³-hybridized carbons (Fsp3) is 0.469. The lowest BCUT2D eigenvalue weighted by Gasteiger charge is -2.37. The summed E-state index contributed by atoms with van der Waals surface area (Å²) in [5.74, 6) is 1.98. The van der Waals surface area contributed by atoms with Gasteiger partial charge in [-0.2, -0.15) is 0 Å². The molecular formula is C32H38N6O3S. The molecule has 0 radical (unpaired) electrons. The molecule has 0 bridgehead atoms. The molecule has 42 heavy (non-hydrogen) atoms. The smallest absolute Gasteiger partial charge is 0.331 e. The zero-order valence-electron chi connectivity index (χ0n) is 25.3. The molecule has 0 spiro atoms. The molecule has 1 fully saturated rings. The Morgan fingerprint density at radius 2 is 1.88 bits per heavy atom. The highest BCUT2D eigenvalue weighted by molar-refractivity contribution is 7.19. The summed E-state index contributed by atoms with van der Waals surface area (Å²) in [4.78, 5) is 29.6. The van der Waals surface area contributed by atoms with E-state index in [2.05, 4.69) is 44.4 Å². The summed E-state index contributed by atoms with van der Waals surface area (Å²) >= 11 is 1.53. The van der Waals surface area contributed by atoms with Crippen LogP contribution in [0.2, 0.25) is 0 Å². The van der Waals surface area contributed by atoms with Crippen LogP contribution < -0.4 is 9.64 Å². The van der Waals surface area contributed by atoms with Crippen LogP contribution in [0, 0.1) is 31.2 Å². The van der Waals surface area contributed by atoms with Gasteiger partial charge in [0.05, 0.1) is 24.2 Å². The predicted octanol–water partition coefficient (Wildman–Crippen LogP) is 7.01. The van der Waals surface area contributed by atoms with E-state index < -0.39 is 5.97 Å². The molecule has 1 aromatic carbocycles. The molecule has 220 valence electrons. The summed E-state index contributed by atoms with van der Waals surface area (Å²) in [7, 11) is 1.60. The van der Waals surface area contributed by atoms with Crippen molar-refractivity contribution in [3.8, 4) is 17.1 Å². The van der Waals surface area contributed by atoms with Crippen molar-refractivity contribution in [1.29, 1.82) is 0 Å². The van der Waals surface area contributed by atoms with Crippen LogP contribution in [0.25, 0.3) is 21.8 Å². The normalized spacial score (nSPS) is 22.7. The van der Waals surface area contributed by atoms with Gasteiger partial charge < -0.3 is 14.4 Å². The minimum atomic E-state index is -0.559. The van der Waals surface area contributed by atoms with Gasteiger partial charge in [0.1, 0.15) is 22.4 Å². The standard InChI is InChI=1S/C32H38N6O3S/c1-9-37(10-2)25-14-13-24(42-25)34-31-27(33-7)26(32(39)41-28-20(5)15-19(4)16-21(28)6)30-35-29(36-38(30)31)22-17-18(3)11-12-23(22)40-8/h11-14,17,19-21,28H,9-10,15-16H2,1-6,8H3/b34-31+. The van der Waals surface area contributed by atoms with E-state index in [1.54, 1.807) is 7.11 Å². The van der Waals surface area contributed by atoms with E-state index in [9.17, 15) is 4.79 Å². The average Bonchev–Trinajstić information content (AvgIpc) is 3.66. The minimum absolute atomic E-state index is 0.0973. The Kier molecular flexibility index (Phi) is 8.50. The van der Waals surface area contributed by atoms with Gasteiger partial charge in [-0.05, 0) is 75.6 Å². The largest absolute Gasteiger partial charge is 0.496 e. The molecule has 1 saturated carbocycles. The number of aromatic nitrogens is 3. The third-order valence-corrected chi connectivity index (χ3v) is 9.21. The van der Waals surface area contributed by atoms with Crippen molar-refractivity contribution in [2.45, 2.75) is 60.5 Å². The van der Waals surface area contributed by atoms with E-state index in [-0.39, 0.29) is 40.9 Å². The van der Waals surface area contributed by atoms with Crippen molar-refractivity contribution in [2.24, 2.45) is 22.7 Å². The molecule has 5 rings (SSSR count). The Bertz CT molecular complexity index is 1580. The number of anilines is 1. The zero-order valence-corrected chi connectivity index (χ0v) is 26.2. The van der Waals surface area contributed by atoms with E-state index >= 15 is 0 Å². The van der Waals surface area contributed by atoms with Crippen LogP contribution in [0.15, 0.2) is 41.0 Å². The van der Waals surface area contributed by atoms with Gasteiger partial charge in [0, 0.05) is 13.1 Å². The van der Waals surface area contributed by atoms with Gasteiger partial charge in [0.15, 0.2) is 17.5 Å². The number of aliphatic imine (C=N–C) groups is 1. The number of rotatable bonds is 8. The molecule has 2 unspecified atom stereocenters. The second-order valence-corrected chi connectivity index (χ2v) is 12.4. The van der Waals surface area contributed by atoms with E-state index in [1.165, 1.54) is 16.0 Å². The Hall–Kier alpha value is -3.97. The van der Waals surface area contributed by atoms with E-state index in [4.69, 9.17) is 31.1 Å². The molecule has 0 saturated heterocycles. The maximum absolute atomic E-state index is 13.9. The number of thiophene rings is 1. The lowest BCUT2D eigenvalue weighted by Crippen LogP contribution is -2.37. The van der Waals surface area contributed by atoms with Crippen LogP contribution in [0.1, 0.15) is 58.8 Å². The fourth-order valence-electron chi connectivity index (χ4n) is 6.24. The molecule has 0 N–H and O–H groups in total.